The normalized spacial score (nSPS) is 10.1. The molecule has 88 valence electrons. The molecule has 0 heterocycles. The van der Waals surface area contributed by atoms with Crippen LogP contribution in [0.1, 0.15) is 6.92 Å². The van der Waals surface area contributed by atoms with Gasteiger partial charge in [-0.3, -0.25) is 4.79 Å². The zero-order valence-electron chi connectivity index (χ0n) is 9.43. The van der Waals surface area contributed by atoms with Crippen LogP contribution in [-0.2, 0) is 9.53 Å². The van der Waals surface area contributed by atoms with Crippen molar-refractivity contribution in [2.24, 2.45) is 0 Å². The number of rotatable bonds is 7. The van der Waals surface area contributed by atoms with Crippen molar-refractivity contribution in [2.45, 2.75) is 6.92 Å². The van der Waals surface area contributed by atoms with E-state index in [1.165, 1.54) is 0 Å². The Balaban J connectivity index is 2.60. The molecule has 4 nitrogen and oxygen atoms in total. The summed E-state index contributed by atoms with van der Waals surface area (Å²) in [7, 11) is 0. The van der Waals surface area contributed by atoms with E-state index in [2.05, 4.69) is 0 Å². The van der Waals surface area contributed by atoms with E-state index in [0.29, 0.717) is 19.8 Å². The predicted molar refractivity (Wildman–Crippen MR) is 62.8 cm³/mol. The number of hydrogen-bond acceptors (Lipinski definition) is 3. The maximum absolute atomic E-state index is 10.7. The Bertz CT molecular complexity index is 313. The second-order valence-electron chi connectivity index (χ2n) is 3.35. The van der Waals surface area contributed by atoms with Gasteiger partial charge in [0.15, 0.2) is 0 Å². The molecule has 0 unspecified atom stereocenters. The number of carboxylic acids is 1. The minimum atomic E-state index is -0.833. The molecule has 0 saturated carbocycles. The third kappa shape index (κ3) is 4.31. The van der Waals surface area contributed by atoms with Gasteiger partial charge >= 0.3 is 5.97 Å². The Labute approximate surface area is 95.5 Å². The SMILES string of the molecule is CCOCCN(CC(=O)O)c1ccccc1. The van der Waals surface area contributed by atoms with Gasteiger partial charge < -0.3 is 14.7 Å². The van der Waals surface area contributed by atoms with Crippen LogP contribution in [0.4, 0.5) is 5.69 Å². The summed E-state index contributed by atoms with van der Waals surface area (Å²) in [4.78, 5) is 12.5. The van der Waals surface area contributed by atoms with Crippen molar-refractivity contribution in [1.82, 2.24) is 0 Å². The summed E-state index contributed by atoms with van der Waals surface area (Å²) >= 11 is 0. The maximum Gasteiger partial charge on any atom is 0.323 e. The number of anilines is 1. The quantitative estimate of drug-likeness (QED) is 0.713. The van der Waals surface area contributed by atoms with Crippen LogP contribution in [0.25, 0.3) is 0 Å². The fourth-order valence-corrected chi connectivity index (χ4v) is 1.42. The first-order chi connectivity index (χ1) is 7.74. The molecule has 0 bridgehead atoms. The molecule has 0 aliphatic heterocycles. The third-order valence-corrected chi connectivity index (χ3v) is 2.16. The number of carbonyl (C=O) groups is 1. The van der Waals surface area contributed by atoms with Gasteiger partial charge in [-0.05, 0) is 19.1 Å². The zero-order chi connectivity index (χ0) is 11.8. The first kappa shape index (κ1) is 12.5. The summed E-state index contributed by atoms with van der Waals surface area (Å²) in [6.45, 7) is 3.69. The number of ether oxygens (including phenoxy) is 1. The molecule has 1 aromatic rings. The van der Waals surface area contributed by atoms with Gasteiger partial charge in [-0.15, -0.1) is 0 Å². The van der Waals surface area contributed by atoms with Crippen LogP contribution in [-0.4, -0.2) is 37.4 Å². The molecule has 0 aliphatic carbocycles. The van der Waals surface area contributed by atoms with E-state index in [1.807, 2.05) is 37.3 Å². The van der Waals surface area contributed by atoms with Gasteiger partial charge in [-0.2, -0.15) is 0 Å². The number of hydrogen-bond donors (Lipinski definition) is 1. The highest BCUT2D eigenvalue weighted by atomic mass is 16.5. The van der Waals surface area contributed by atoms with Crippen LogP contribution in [0.2, 0.25) is 0 Å². The number of carboxylic acid groups (broad SMARTS) is 1. The zero-order valence-corrected chi connectivity index (χ0v) is 9.43. The first-order valence-electron chi connectivity index (χ1n) is 5.33. The van der Waals surface area contributed by atoms with E-state index in [1.54, 1.807) is 4.90 Å². The van der Waals surface area contributed by atoms with Gasteiger partial charge in [0.25, 0.3) is 0 Å². The van der Waals surface area contributed by atoms with Crippen LogP contribution in [0.3, 0.4) is 0 Å². The van der Waals surface area contributed by atoms with E-state index in [4.69, 9.17) is 9.84 Å². The van der Waals surface area contributed by atoms with E-state index in [-0.39, 0.29) is 6.54 Å². The summed E-state index contributed by atoms with van der Waals surface area (Å²) < 4.78 is 5.23. The van der Waals surface area contributed by atoms with Gasteiger partial charge in [0.2, 0.25) is 0 Å². The Kier molecular flexibility index (Phi) is 5.36. The lowest BCUT2D eigenvalue weighted by molar-refractivity contribution is -0.135. The highest BCUT2D eigenvalue weighted by Gasteiger charge is 2.09. The molecular formula is C12H17NO3. The molecule has 4 heteroatoms. The van der Waals surface area contributed by atoms with Gasteiger partial charge in [-0.1, -0.05) is 18.2 Å². The lowest BCUT2D eigenvalue weighted by atomic mass is 10.3. The first-order valence-corrected chi connectivity index (χ1v) is 5.33. The smallest absolute Gasteiger partial charge is 0.323 e. The number of benzene rings is 1. The highest BCUT2D eigenvalue weighted by Crippen LogP contribution is 2.12. The molecule has 0 spiro atoms. The largest absolute Gasteiger partial charge is 0.480 e. The summed E-state index contributed by atoms with van der Waals surface area (Å²) in [5.41, 5.74) is 0.907. The van der Waals surface area contributed by atoms with Gasteiger partial charge in [0.05, 0.1) is 6.61 Å². The summed E-state index contributed by atoms with van der Waals surface area (Å²) in [6.07, 6.45) is 0. The molecule has 1 N–H and O–H groups in total. The molecule has 0 saturated heterocycles. The fourth-order valence-electron chi connectivity index (χ4n) is 1.42. The van der Waals surface area contributed by atoms with Crippen molar-refractivity contribution >= 4 is 11.7 Å². The molecule has 16 heavy (non-hydrogen) atoms. The van der Waals surface area contributed by atoms with Gasteiger partial charge in [0.1, 0.15) is 6.54 Å². The van der Waals surface area contributed by atoms with Crippen molar-refractivity contribution in [1.29, 1.82) is 0 Å². The Morgan fingerprint density at radius 3 is 2.62 bits per heavy atom. The van der Waals surface area contributed by atoms with Crippen molar-refractivity contribution in [3.05, 3.63) is 30.3 Å². The molecular weight excluding hydrogens is 206 g/mol. The van der Waals surface area contributed by atoms with Crippen molar-refractivity contribution < 1.29 is 14.6 Å². The third-order valence-electron chi connectivity index (χ3n) is 2.16. The van der Waals surface area contributed by atoms with Gasteiger partial charge in [-0.25, -0.2) is 0 Å². The van der Waals surface area contributed by atoms with E-state index < -0.39 is 5.97 Å². The number of aliphatic carboxylic acids is 1. The second kappa shape index (κ2) is 6.85. The maximum atomic E-state index is 10.7. The Morgan fingerprint density at radius 1 is 1.38 bits per heavy atom. The number of para-hydroxylation sites is 1. The minimum absolute atomic E-state index is 0.00289. The fraction of sp³-hybridized carbons (Fsp3) is 0.417. The topological polar surface area (TPSA) is 49.8 Å². The lowest BCUT2D eigenvalue weighted by Gasteiger charge is -2.22. The Hall–Kier alpha value is -1.55. The second-order valence-corrected chi connectivity index (χ2v) is 3.35. The standard InChI is InChI=1S/C12H17NO3/c1-2-16-9-8-13(10-12(14)15)11-6-4-3-5-7-11/h3-7H,2,8-10H2,1H3,(H,14,15). The van der Waals surface area contributed by atoms with Crippen LogP contribution < -0.4 is 4.90 Å². The minimum Gasteiger partial charge on any atom is -0.480 e. The lowest BCUT2D eigenvalue weighted by Crippen LogP contribution is -2.32. The molecule has 0 fully saturated rings. The van der Waals surface area contributed by atoms with Crippen molar-refractivity contribution in [2.75, 3.05) is 31.2 Å². The molecule has 0 amide bonds. The van der Waals surface area contributed by atoms with Crippen molar-refractivity contribution in [3.63, 3.8) is 0 Å². The Morgan fingerprint density at radius 2 is 2.06 bits per heavy atom. The summed E-state index contributed by atoms with van der Waals surface area (Å²) in [5.74, 6) is -0.833. The van der Waals surface area contributed by atoms with E-state index >= 15 is 0 Å². The van der Waals surface area contributed by atoms with E-state index in [0.717, 1.165) is 5.69 Å². The highest BCUT2D eigenvalue weighted by molar-refractivity contribution is 5.73. The van der Waals surface area contributed by atoms with E-state index in [9.17, 15) is 4.79 Å². The van der Waals surface area contributed by atoms with Crippen LogP contribution in [0.15, 0.2) is 30.3 Å². The molecule has 0 atom stereocenters. The molecule has 0 radical (unpaired) electrons. The van der Waals surface area contributed by atoms with Gasteiger partial charge in [0, 0.05) is 18.8 Å². The molecule has 1 rings (SSSR count). The van der Waals surface area contributed by atoms with Crippen molar-refractivity contribution in [3.8, 4) is 0 Å². The number of nitrogens with zero attached hydrogens (tertiary/aromatic N) is 1. The monoisotopic (exact) mass is 223 g/mol. The van der Waals surface area contributed by atoms with Crippen LogP contribution in [0, 0.1) is 0 Å². The molecule has 0 aromatic heterocycles. The van der Waals surface area contributed by atoms with Crippen LogP contribution in [0.5, 0.6) is 0 Å². The average Bonchev–Trinajstić information content (AvgIpc) is 2.29. The predicted octanol–water partition coefficient (Wildman–Crippen LogP) is 1.61. The van der Waals surface area contributed by atoms with Crippen LogP contribution >= 0.6 is 0 Å². The average molecular weight is 223 g/mol. The summed E-state index contributed by atoms with van der Waals surface area (Å²) in [5, 5.41) is 8.82. The summed E-state index contributed by atoms with van der Waals surface area (Å²) in [6, 6.07) is 9.49. The molecule has 0 aliphatic rings. The molecule has 1 aromatic carbocycles.